The Hall–Kier alpha value is -1.35. The summed E-state index contributed by atoms with van der Waals surface area (Å²) in [4.78, 5) is 4.51. The number of nitrogens with zero attached hydrogens (tertiary/aromatic N) is 1. The molecular formula is C16H22N2O. The predicted octanol–water partition coefficient (Wildman–Crippen LogP) is 2.89. The lowest BCUT2D eigenvalue weighted by molar-refractivity contribution is 0.0457. The summed E-state index contributed by atoms with van der Waals surface area (Å²) >= 11 is 0. The van der Waals surface area contributed by atoms with Gasteiger partial charge in [-0.3, -0.25) is 4.99 Å². The van der Waals surface area contributed by atoms with Crippen LogP contribution >= 0.6 is 0 Å². The largest absolute Gasteiger partial charge is 0.374 e. The van der Waals surface area contributed by atoms with Crippen LogP contribution in [0.2, 0.25) is 0 Å². The van der Waals surface area contributed by atoms with Crippen molar-refractivity contribution in [3.63, 3.8) is 0 Å². The molecular weight excluding hydrogens is 236 g/mol. The molecule has 0 saturated heterocycles. The van der Waals surface area contributed by atoms with Crippen molar-refractivity contribution in [2.75, 3.05) is 13.1 Å². The third-order valence-corrected chi connectivity index (χ3v) is 3.91. The molecule has 1 aromatic carbocycles. The second kappa shape index (κ2) is 6.20. The monoisotopic (exact) mass is 258 g/mol. The molecule has 1 saturated carbocycles. The van der Waals surface area contributed by atoms with Gasteiger partial charge in [-0.05, 0) is 24.8 Å². The van der Waals surface area contributed by atoms with Gasteiger partial charge in [0.15, 0.2) is 0 Å². The van der Waals surface area contributed by atoms with Crippen molar-refractivity contribution in [3.05, 3.63) is 35.4 Å². The summed E-state index contributed by atoms with van der Waals surface area (Å²) in [6.45, 7) is 2.71. The fourth-order valence-corrected chi connectivity index (χ4v) is 2.75. The quantitative estimate of drug-likeness (QED) is 0.901. The summed E-state index contributed by atoms with van der Waals surface area (Å²) in [7, 11) is 0. The van der Waals surface area contributed by atoms with Gasteiger partial charge in [-0.2, -0.15) is 0 Å². The summed E-state index contributed by atoms with van der Waals surface area (Å²) in [5.74, 6) is 1.04. The van der Waals surface area contributed by atoms with Gasteiger partial charge in [0.1, 0.15) is 5.84 Å². The number of nitrogens with one attached hydrogen (secondary N) is 1. The summed E-state index contributed by atoms with van der Waals surface area (Å²) in [6.07, 6.45) is 6.75. The van der Waals surface area contributed by atoms with E-state index in [0.717, 1.165) is 32.0 Å². The normalized spacial score (nSPS) is 20.1. The summed E-state index contributed by atoms with van der Waals surface area (Å²) in [5, 5.41) is 3.35. The predicted molar refractivity (Wildman–Crippen MR) is 77.5 cm³/mol. The van der Waals surface area contributed by atoms with Crippen molar-refractivity contribution in [1.29, 1.82) is 0 Å². The van der Waals surface area contributed by atoms with E-state index in [-0.39, 0.29) is 0 Å². The lowest BCUT2D eigenvalue weighted by atomic mass is 10.1. The first-order chi connectivity index (χ1) is 9.42. The molecule has 102 valence electrons. The van der Waals surface area contributed by atoms with Crippen LogP contribution in [0.1, 0.15) is 43.2 Å². The Labute approximate surface area is 115 Å². The Morgan fingerprint density at radius 3 is 2.58 bits per heavy atom. The number of hydrogen-bond acceptors (Lipinski definition) is 3. The van der Waals surface area contributed by atoms with Gasteiger partial charge in [0.25, 0.3) is 0 Å². The fourth-order valence-electron chi connectivity index (χ4n) is 2.75. The molecule has 0 amide bonds. The molecule has 1 aromatic rings. The van der Waals surface area contributed by atoms with Crippen LogP contribution in [0.5, 0.6) is 0 Å². The Bertz CT molecular complexity index is 433. The van der Waals surface area contributed by atoms with Crippen LogP contribution in [0, 0.1) is 0 Å². The zero-order valence-corrected chi connectivity index (χ0v) is 11.4. The first-order valence-corrected chi connectivity index (χ1v) is 7.41. The SMILES string of the molecule is c1cc(C2=NCCCN2)ccc1COC1CCCC1. The third-order valence-electron chi connectivity index (χ3n) is 3.91. The van der Waals surface area contributed by atoms with Crippen molar-refractivity contribution in [2.24, 2.45) is 4.99 Å². The standard InChI is InChI=1S/C16H22N2O/c1-2-5-15(4-1)19-12-13-6-8-14(9-7-13)16-17-10-3-11-18-16/h6-9,15H,1-5,10-12H2,(H,17,18). The van der Waals surface area contributed by atoms with Gasteiger partial charge in [0.2, 0.25) is 0 Å². The minimum Gasteiger partial charge on any atom is -0.374 e. The van der Waals surface area contributed by atoms with Gasteiger partial charge in [-0.1, -0.05) is 37.1 Å². The van der Waals surface area contributed by atoms with Crippen molar-refractivity contribution in [1.82, 2.24) is 5.32 Å². The molecule has 1 N–H and O–H groups in total. The van der Waals surface area contributed by atoms with Crippen LogP contribution in [0.25, 0.3) is 0 Å². The lowest BCUT2D eigenvalue weighted by Gasteiger charge is -2.15. The van der Waals surface area contributed by atoms with Crippen molar-refractivity contribution >= 4 is 5.84 Å². The van der Waals surface area contributed by atoms with Crippen LogP contribution in [0.4, 0.5) is 0 Å². The van der Waals surface area contributed by atoms with E-state index in [4.69, 9.17) is 4.74 Å². The Balaban J connectivity index is 1.57. The average Bonchev–Trinajstić information content (AvgIpc) is 3.00. The maximum atomic E-state index is 5.93. The van der Waals surface area contributed by atoms with Gasteiger partial charge in [-0.25, -0.2) is 0 Å². The topological polar surface area (TPSA) is 33.6 Å². The molecule has 0 unspecified atom stereocenters. The maximum absolute atomic E-state index is 5.93. The second-order valence-electron chi connectivity index (χ2n) is 5.43. The molecule has 0 aromatic heterocycles. The zero-order chi connectivity index (χ0) is 12.9. The van der Waals surface area contributed by atoms with E-state index in [0.29, 0.717) is 6.10 Å². The number of amidine groups is 1. The van der Waals surface area contributed by atoms with E-state index in [1.807, 2.05) is 0 Å². The first-order valence-electron chi connectivity index (χ1n) is 7.41. The maximum Gasteiger partial charge on any atom is 0.128 e. The number of benzene rings is 1. The van der Waals surface area contributed by atoms with Gasteiger partial charge in [0, 0.05) is 18.7 Å². The average molecular weight is 258 g/mol. The third kappa shape index (κ3) is 3.35. The molecule has 0 spiro atoms. The molecule has 3 heteroatoms. The molecule has 1 heterocycles. The van der Waals surface area contributed by atoms with Crippen LogP contribution in [-0.2, 0) is 11.3 Å². The Morgan fingerprint density at radius 1 is 1.11 bits per heavy atom. The van der Waals surface area contributed by atoms with Crippen LogP contribution in [0.15, 0.2) is 29.3 Å². The Kier molecular flexibility index (Phi) is 4.13. The van der Waals surface area contributed by atoms with Crippen molar-refractivity contribution in [2.45, 2.75) is 44.8 Å². The van der Waals surface area contributed by atoms with Gasteiger partial charge < -0.3 is 10.1 Å². The molecule has 3 rings (SSSR count). The van der Waals surface area contributed by atoms with Crippen LogP contribution in [-0.4, -0.2) is 25.0 Å². The smallest absolute Gasteiger partial charge is 0.128 e. The molecule has 0 atom stereocenters. The molecule has 1 aliphatic heterocycles. The lowest BCUT2D eigenvalue weighted by Crippen LogP contribution is -2.30. The second-order valence-corrected chi connectivity index (χ2v) is 5.43. The summed E-state index contributed by atoms with van der Waals surface area (Å²) in [6, 6.07) is 8.60. The molecule has 19 heavy (non-hydrogen) atoms. The number of rotatable bonds is 4. The number of hydrogen-bond donors (Lipinski definition) is 1. The number of ether oxygens (including phenoxy) is 1. The van der Waals surface area contributed by atoms with E-state index in [1.54, 1.807) is 0 Å². The van der Waals surface area contributed by atoms with Gasteiger partial charge in [0.05, 0.1) is 12.7 Å². The van der Waals surface area contributed by atoms with E-state index >= 15 is 0 Å². The summed E-state index contributed by atoms with van der Waals surface area (Å²) in [5.41, 5.74) is 2.44. The summed E-state index contributed by atoms with van der Waals surface area (Å²) < 4.78 is 5.93. The minimum absolute atomic E-state index is 0.490. The van der Waals surface area contributed by atoms with Gasteiger partial charge >= 0.3 is 0 Å². The van der Waals surface area contributed by atoms with Crippen molar-refractivity contribution < 1.29 is 4.74 Å². The highest BCUT2D eigenvalue weighted by molar-refractivity contribution is 5.99. The highest BCUT2D eigenvalue weighted by atomic mass is 16.5. The van der Waals surface area contributed by atoms with E-state index in [1.165, 1.54) is 36.8 Å². The van der Waals surface area contributed by atoms with Crippen LogP contribution in [0.3, 0.4) is 0 Å². The van der Waals surface area contributed by atoms with E-state index in [9.17, 15) is 0 Å². The van der Waals surface area contributed by atoms with Crippen molar-refractivity contribution in [3.8, 4) is 0 Å². The molecule has 2 aliphatic rings. The highest BCUT2D eigenvalue weighted by Gasteiger charge is 2.15. The highest BCUT2D eigenvalue weighted by Crippen LogP contribution is 2.22. The Morgan fingerprint density at radius 2 is 1.89 bits per heavy atom. The molecule has 3 nitrogen and oxygen atoms in total. The first kappa shape index (κ1) is 12.7. The van der Waals surface area contributed by atoms with Crippen LogP contribution < -0.4 is 5.32 Å². The molecule has 0 bridgehead atoms. The fraction of sp³-hybridized carbons (Fsp3) is 0.562. The number of aliphatic imine (C=N–C) groups is 1. The molecule has 0 radical (unpaired) electrons. The van der Waals surface area contributed by atoms with Gasteiger partial charge in [-0.15, -0.1) is 0 Å². The zero-order valence-electron chi connectivity index (χ0n) is 11.4. The van der Waals surface area contributed by atoms with E-state index < -0.39 is 0 Å². The molecule has 1 fully saturated rings. The molecule has 1 aliphatic carbocycles. The van der Waals surface area contributed by atoms with E-state index in [2.05, 4.69) is 34.6 Å². The minimum atomic E-state index is 0.490.